The van der Waals surface area contributed by atoms with Gasteiger partial charge in [-0.3, -0.25) is 4.68 Å². The molecular weight excluding hydrogens is 326 g/mol. The van der Waals surface area contributed by atoms with Crippen molar-refractivity contribution in [2.45, 2.75) is 25.7 Å². The smallest absolute Gasteiger partial charge is 0.164 e. The van der Waals surface area contributed by atoms with Crippen molar-refractivity contribution in [1.29, 1.82) is 0 Å². The quantitative estimate of drug-likeness (QED) is 0.754. The third kappa shape index (κ3) is 3.72. The van der Waals surface area contributed by atoms with Crippen LogP contribution in [-0.2, 0) is 7.05 Å². The molecule has 3 aromatic rings. The number of rotatable bonds is 4. The first kappa shape index (κ1) is 16.7. The van der Waals surface area contributed by atoms with Gasteiger partial charge < -0.3 is 10.6 Å². The fourth-order valence-corrected chi connectivity index (χ4v) is 3.24. The van der Waals surface area contributed by atoms with Crippen LogP contribution in [0.3, 0.4) is 0 Å². The van der Waals surface area contributed by atoms with E-state index in [2.05, 4.69) is 20.7 Å². The van der Waals surface area contributed by atoms with Crippen molar-refractivity contribution in [3.8, 4) is 11.4 Å². The maximum Gasteiger partial charge on any atom is 0.164 e. The molecule has 0 bridgehead atoms. The van der Waals surface area contributed by atoms with Crippen molar-refractivity contribution >= 4 is 11.6 Å². The molecule has 0 saturated carbocycles. The second-order valence-corrected chi connectivity index (χ2v) is 6.79. The van der Waals surface area contributed by atoms with Gasteiger partial charge in [-0.25, -0.2) is 15.0 Å². The van der Waals surface area contributed by atoms with Crippen LogP contribution in [0.15, 0.2) is 36.8 Å². The summed E-state index contributed by atoms with van der Waals surface area (Å²) in [6.45, 7) is 4.08. The zero-order chi connectivity index (χ0) is 17.9. The second kappa shape index (κ2) is 7.21. The van der Waals surface area contributed by atoms with E-state index in [9.17, 15) is 0 Å². The topological polar surface area (TPSA) is 80.5 Å². The highest BCUT2D eigenvalue weighted by Crippen LogP contribution is 2.27. The highest BCUT2D eigenvalue weighted by atomic mass is 15.2. The highest BCUT2D eigenvalue weighted by molar-refractivity contribution is 5.59. The van der Waals surface area contributed by atoms with Gasteiger partial charge in [-0.05, 0) is 44.0 Å². The van der Waals surface area contributed by atoms with E-state index in [1.807, 2.05) is 38.4 Å². The first-order valence-electron chi connectivity index (χ1n) is 8.96. The molecule has 7 nitrogen and oxygen atoms in total. The Morgan fingerprint density at radius 2 is 2.15 bits per heavy atom. The zero-order valence-electron chi connectivity index (χ0n) is 15.1. The predicted octanol–water partition coefficient (Wildman–Crippen LogP) is 2.79. The van der Waals surface area contributed by atoms with Crippen molar-refractivity contribution in [3.63, 3.8) is 0 Å². The Hall–Kier alpha value is -2.80. The average molecular weight is 349 g/mol. The molecule has 1 fully saturated rings. The molecule has 7 heteroatoms. The van der Waals surface area contributed by atoms with Crippen LogP contribution in [0, 0.1) is 6.92 Å². The van der Waals surface area contributed by atoms with Gasteiger partial charge in [0.05, 0.1) is 17.5 Å². The van der Waals surface area contributed by atoms with E-state index < -0.39 is 0 Å². The number of pyridine rings is 1. The van der Waals surface area contributed by atoms with E-state index in [0.717, 1.165) is 48.0 Å². The van der Waals surface area contributed by atoms with Gasteiger partial charge in [-0.2, -0.15) is 5.10 Å². The minimum Gasteiger partial charge on any atom is -0.325 e. The van der Waals surface area contributed by atoms with Crippen molar-refractivity contribution < 1.29 is 0 Å². The van der Waals surface area contributed by atoms with Gasteiger partial charge in [-0.15, -0.1) is 0 Å². The molecule has 4 rings (SSSR count). The summed E-state index contributed by atoms with van der Waals surface area (Å²) in [5.41, 5.74) is 3.13. The summed E-state index contributed by atoms with van der Waals surface area (Å²) in [5.74, 6) is 2.63. The Morgan fingerprint density at radius 1 is 1.23 bits per heavy atom. The Labute approximate surface area is 152 Å². The molecule has 0 spiro atoms. The van der Waals surface area contributed by atoms with Crippen molar-refractivity contribution in [1.82, 2.24) is 30.0 Å². The van der Waals surface area contributed by atoms with E-state index in [0.29, 0.717) is 11.7 Å². The minimum absolute atomic E-state index is 0.396. The molecule has 0 aliphatic carbocycles. The van der Waals surface area contributed by atoms with Crippen molar-refractivity contribution in [2.24, 2.45) is 7.05 Å². The SMILES string of the molecule is Cc1ccnc(Nc2cc(C3CCCNC3)nc(-c3cnn(C)c3)n2)c1. The molecule has 1 atom stereocenters. The third-order valence-corrected chi connectivity index (χ3v) is 4.60. The van der Waals surface area contributed by atoms with E-state index in [1.54, 1.807) is 17.1 Å². The monoisotopic (exact) mass is 349 g/mol. The number of aryl methyl sites for hydroxylation is 2. The molecule has 3 aromatic heterocycles. The molecule has 1 unspecified atom stereocenters. The van der Waals surface area contributed by atoms with Crippen molar-refractivity contribution in [3.05, 3.63) is 48.0 Å². The molecular formula is C19H23N7. The molecule has 1 aliphatic rings. The number of aromatic nitrogens is 5. The van der Waals surface area contributed by atoms with Crippen molar-refractivity contribution in [2.75, 3.05) is 18.4 Å². The van der Waals surface area contributed by atoms with Crippen LogP contribution in [0.25, 0.3) is 11.4 Å². The molecule has 0 amide bonds. The van der Waals surface area contributed by atoms with Crippen LogP contribution < -0.4 is 10.6 Å². The van der Waals surface area contributed by atoms with Crippen LogP contribution in [0.4, 0.5) is 11.6 Å². The average Bonchev–Trinajstić information content (AvgIpc) is 3.09. The lowest BCUT2D eigenvalue weighted by Crippen LogP contribution is -2.29. The number of hydrogen-bond donors (Lipinski definition) is 2. The predicted molar refractivity (Wildman–Crippen MR) is 101 cm³/mol. The van der Waals surface area contributed by atoms with Crippen LogP contribution in [0.1, 0.15) is 30.0 Å². The minimum atomic E-state index is 0.396. The van der Waals surface area contributed by atoms with E-state index in [4.69, 9.17) is 9.97 Å². The maximum atomic E-state index is 4.83. The van der Waals surface area contributed by atoms with Crippen LogP contribution >= 0.6 is 0 Å². The van der Waals surface area contributed by atoms with Gasteiger partial charge in [-0.1, -0.05) is 0 Å². The molecule has 1 saturated heterocycles. The summed E-state index contributed by atoms with van der Waals surface area (Å²) in [6, 6.07) is 6.03. The third-order valence-electron chi connectivity index (χ3n) is 4.60. The van der Waals surface area contributed by atoms with Crippen LogP contribution in [-0.4, -0.2) is 37.8 Å². The molecule has 26 heavy (non-hydrogen) atoms. The number of hydrogen-bond acceptors (Lipinski definition) is 6. The lowest BCUT2D eigenvalue weighted by Gasteiger charge is -2.23. The zero-order valence-corrected chi connectivity index (χ0v) is 15.1. The number of piperidine rings is 1. The lowest BCUT2D eigenvalue weighted by atomic mass is 9.96. The summed E-state index contributed by atoms with van der Waals surface area (Å²) in [5, 5.41) is 11.0. The highest BCUT2D eigenvalue weighted by Gasteiger charge is 2.19. The molecule has 0 aromatic carbocycles. The Balaban J connectivity index is 1.71. The largest absolute Gasteiger partial charge is 0.325 e. The lowest BCUT2D eigenvalue weighted by molar-refractivity contribution is 0.454. The number of nitrogens with zero attached hydrogens (tertiary/aromatic N) is 5. The maximum absolute atomic E-state index is 4.83. The molecule has 2 N–H and O–H groups in total. The van der Waals surface area contributed by atoms with Gasteiger partial charge in [0.25, 0.3) is 0 Å². The van der Waals surface area contributed by atoms with Gasteiger partial charge in [0.15, 0.2) is 5.82 Å². The summed E-state index contributed by atoms with van der Waals surface area (Å²) < 4.78 is 1.77. The van der Waals surface area contributed by atoms with E-state index in [1.165, 1.54) is 6.42 Å². The second-order valence-electron chi connectivity index (χ2n) is 6.79. The first-order chi connectivity index (χ1) is 12.7. The Morgan fingerprint density at radius 3 is 2.88 bits per heavy atom. The number of nitrogens with one attached hydrogen (secondary N) is 2. The summed E-state index contributed by atoms with van der Waals surface area (Å²) in [6.07, 6.45) is 7.84. The summed E-state index contributed by atoms with van der Waals surface area (Å²) in [7, 11) is 1.90. The standard InChI is InChI=1S/C19H23N7/c1-13-5-7-21-17(8-13)24-18-9-16(14-4-3-6-20-10-14)23-19(25-18)15-11-22-26(2)12-15/h5,7-9,11-12,14,20H,3-4,6,10H2,1-2H3,(H,21,23,24,25). The Bertz CT molecular complexity index is 896. The normalized spacial score (nSPS) is 17.2. The summed E-state index contributed by atoms with van der Waals surface area (Å²) in [4.78, 5) is 13.9. The van der Waals surface area contributed by atoms with Crippen LogP contribution in [0.2, 0.25) is 0 Å². The molecule has 0 radical (unpaired) electrons. The van der Waals surface area contributed by atoms with Gasteiger partial charge in [0.2, 0.25) is 0 Å². The first-order valence-corrected chi connectivity index (χ1v) is 8.96. The van der Waals surface area contributed by atoms with Crippen LogP contribution in [0.5, 0.6) is 0 Å². The van der Waals surface area contributed by atoms with Gasteiger partial charge in [0, 0.05) is 38.0 Å². The van der Waals surface area contributed by atoms with Gasteiger partial charge >= 0.3 is 0 Å². The fraction of sp³-hybridized carbons (Fsp3) is 0.368. The molecule has 4 heterocycles. The van der Waals surface area contributed by atoms with E-state index >= 15 is 0 Å². The van der Waals surface area contributed by atoms with Gasteiger partial charge in [0.1, 0.15) is 11.6 Å². The molecule has 1 aliphatic heterocycles. The summed E-state index contributed by atoms with van der Waals surface area (Å²) >= 11 is 0. The fourth-order valence-electron chi connectivity index (χ4n) is 3.24. The Kier molecular flexibility index (Phi) is 4.62. The number of anilines is 2. The van der Waals surface area contributed by atoms with E-state index in [-0.39, 0.29) is 0 Å². The molecule has 134 valence electrons.